The largest absolute Gasteiger partial charge is 0.486 e. The molecule has 0 aromatic heterocycles. The number of fused-ring (bicyclic) bond motifs is 1. The predicted molar refractivity (Wildman–Crippen MR) is 78.8 cm³/mol. The van der Waals surface area contributed by atoms with Crippen molar-refractivity contribution in [2.45, 2.75) is 25.9 Å². The average Bonchev–Trinajstić information content (AvgIpc) is 2.41. The molecule has 0 spiro atoms. The van der Waals surface area contributed by atoms with Crippen LogP contribution in [0.3, 0.4) is 0 Å². The quantitative estimate of drug-likeness (QED) is 0.797. The van der Waals surface area contributed by atoms with Crippen LogP contribution in [0.1, 0.15) is 30.6 Å². The van der Waals surface area contributed by atoms with E-state index in [-0.39, 0.29) is 19.0 Å². The van der Waals surface area contributed by atoms with Crippen LogP contribution in [0.15, 0.2) is 12.1 Å². The molecule has 0 saturated carbocycles. The molecule has 0 saturated heterocycles. The summed E-state index contributed by atoms with van der Waals surface area (Å²) in [4.78, 5) is 12.2. The van der Waals surface area contributed by atoms with E-state index in [9.17, 15) is 4.79 Å². The maximum Gasteiger partial charge on any atom is 0.170 e. The molecule has 108 valence electrons. The summed E-state index contributed by atoms with van der Waals surface area (Å²) in [5, 5.41) is 0. The lowest BCUT2D eigenvalue weighted by Crippen LogP contribution is -2.35. The van der Waals surface area contributed by atoms with E-state index < -0.39 is 5.60 Å². The van der Waals surface area contributed by atoms with E-state index in [1.807, 2.05) is 13.8 Å². The smallest absolute Gasteiger partial charge is 0.170 e. The van der Waals surface area contributed by atoms with Crippen molar-refractivity contribution in [3.05, 3.63) is 17.7 Å². The van der Waals surface area contributed by atoms with E-state index >= 15 is 0 Å². The summed E-state index contributed by atoms with van der Waals surface area (Å²) in [6.45, 7) is 3.88. The van der Waals surface area contributed by atoms with Gasteiger partial charge in [0.2, 0.25) is 0 Å². The Morgan fingerprint density at radius 3 is 2.33 bits per heavy atom. The van der Waals surface area contributed by atoms with Crippen molar-refractivity contribution >= 4 is 5.78 Å². The van der Waals surface area contributed by atoms with E-state index in [4.69, 9.17) is 27.1 Å². The Morgan fingerprint density at radius 2 is 1.76 bits per heavy atom. The number of rotatable bonds is 4. The lowest BCUT2D eigenvalue weighted by Gasteiger charge is -2.32. The highest BCUT2D eigenvalue weighted by Crippen LogP contribution is 2.40. The number of benzene rings is 1. The SMILES string of the molecule is C#CCOc1cc2c(cc1OCC#C)C(=O)CC(C)(C)O2. The fourth-order valence-corrected chi connectivity index (χ4v) is 2.12. The Kier molecular flexibility index (Phi) is 4.10. The van der Waals surface area contributed by atoms with Gasteiger partial charge in [0.15, 0.2) is 17.3 Å². The first kappa shape index (κ1) is 14.8. The summed E-state index contributed by atoms with van der Waals surface area (Å²) < 4.78 is 16.7. The van der Waals surface area contributed by atoms with Gasteiger partial charge in [-0.2, -0.15) is 0 Å². The van der Waals surface area contributed by atoms with Gasteiger partial charge >= 0.3 is 0 Å². The molecule has 1 aromatic carbocycles. The minimum absolute atomic E-state index is 0.00434. The molecule has 0 fully saturated rings. The molecule has 1 aromatic rings. The van der Waals surface area contributed by atoms with Crippen molar-refractivity contribution in [3.8, 4) is 41.9 Å². The minimum atomic E-state index is -0.547. The van der Waals surface area contributed by atoms with Crippen molar-refractivity contribution in [2.24, 2.45) is 0 Å². The Balaban J connectivity index is 2.43. The maximum atomic E-state index is 12.2. The molecule has 0 bridgehead atoms. The highest BCUT2D eigenvalue weighted by Gasteiger charge is 2.33. The molecule has 1 aliphatic rings. The minimum Gasteiger partial charge on any atom is -0.486 e. The van der Waals surface area contributed by atoms with Crippen LogP contribution in [-0.4, -0.2) is 24.6 Å². The Bertz CT molecular complexity index is 644. The third-order valence-electron chi connectivity index (χ3n) is 2.94. The van der Waals surface area contributed by atoms with E-state index in [1.54, 1.807) is 12.1 Å². The van der Waals surface area contributed by atoms with Gasteiger partial charge in [-0.05, 0) is 19.9 Å². The normalized spacial score (nSPS) is 15.1. The third kappa shape index (κ3) is 3.30. The van der Waals surface area contributed by atoms with Crippen molar-refractivity contribution < 1.29 is 19.0 Å². The van der Waals surface area contributed by atoms with E-state index in [1.165, 1.54) is 0 Å². The van der Waals surface area contributed by atoms with Gasteiger partial charge in [0.05, 0.1) is 12.0 Å². The van der Waals surface area contributed by atoms with Gasteiger partial charge in [-0.1, -0.05) is 11.8 Å². The van der Waals surface area contributed by atoms with Crippen LogP contribution < -0.4 is 14.2 Å². The molecule has 0 unspecified atom stereocenters. The van der Waals surface area contributed by atoms with Crippen molar-refractivity contribution in [1.29, 1.82) is 0 Å². The molecule has 0 radical (unpaired) electrons. The fourth-order valence-electron chi connectivity index (χ4n) is 2.12. The number of ketones is 1. The summed E-state index contributed by atoms with van der Waals surface area (Å²) in [6, 6.07) is 3.22. The van der Waals surface area contributed by atoms with Gasteiger partial charge in [0.1, 0.15) is 24.6 Å². The summed E-state index contributed by atoms with van der Waals surface area (Å²) in [5.41, 5.74) is -0.0799. The summed E-state index contributed by atoms with van der Waals surface area (Å²) >= 11 is 0. The summed E-state index contributed by atoms with van der Waals surface area (Å²) in [5.74, 6) is 6.01. The molecule has 4 nitrogen and oxygen atoms in total. The molecule has 0 atom stereocenters. The van der Waals surface area contributed by atoms with Crippen molar-refractivity contribution in [1.82, 2.24) is 0 Å². The Labute approximate surface area is 124 Å². The standard InChI is InChI=1S/C17H16O4/c1-5-7-19-15-9-12-13(18)11-17(3,4)21-14(12)10-16(15)20-8-6-2/h1-2,9-10H,7-8,11H2,3-4H3. The van der Waals surface area contributed by atoms with E-state index in [2.05, 4.69) is 11.8 Å². The second-order valence-electron chi connectivity index (χ2n) is 5.24. The van der Waals surface area contributed by atoms with Gasteiger partial charge in [-0.3, -0.25) is 4.79 Å². The first-order valence-corrected chi connectivity index (χ1v) is 6.49. The first-order valence-electron chi connectivity index (χ1n) is 6.49. The maximum absolute atomic E-state index is 12.2. The van der Waals surface area contributed by atoms with Gasteiger partial charge in [0.25, 0.3) is 0 Å². The lowest BCUT2D eigenvalue weighted by atomic mass is 9.93. The molecule has 21 heavy (non-hydrogen) atoms. The average molecular weight is 284 g/mol. The highest BCUT2D eigenvalue weighted by molar-refractivity contribution is 6.01. The number of terminal acetylenes is 2. The van der Waals surface area contributed by atoms with Crippen molar-refractivity contribution in [3.63, 3.8) is 0 Å². The van der Waals surface area contributed by atoms with Crippen LogP contribution in [0.4, 0.5) is 0 Å². The fraction of sp³-hybridized carbons (Fsp3) is 0.353. The second-order valence-corrected chi connectivity index (χ2v) is 5.24. The van der Waals surface area contributed by atoms with Crippen LogP contribution in [0.2, 0.25) is 0 Å². The number of carbonyl (C=O) groups excluding carboxylic acids is 1. The van der Waals surface area contributed by atoms with Crippen LogP contribution >= 0.6 is 0 Å². The molecule has 0 N–H and O–H groups in total. The van der Waals surface area contributed by atoms with Crippen LogP contribution in [0, 0.1) is 24.7 Å². The van der Waals surface area contributed by atoms with Crippen LogP contribution in [0.5, 0.6) is 17.2 Å². The number of hydrogen-bond acceptors (Lipinski definition) is 4. The zero-order chi connectivity index (χ0) is 15.5. The molecule has 1 aliphatic heterocycles. The van der Waals surface area contributed by atoms with Crippen LogP contribution in [-0.2, 0) is 0 Å². The molecule has 4 heteroatoms. The van der Waals surface area contributed by atoms with Crippen LogP contribution in [0.25, 0.3) is 0 Å². The topological polar surface area (TPSA) is 44.8 Å². The predicted octanol–water partition coefficient (Wildman–Crippen LogP) is 2.45. The number of ether oxygens (including phenoxy) is 3. The highest BCUT2D eigenvalue weighted by atomic mass is 16.5. The lowest BCUT2D eigenvalue weighted by molar-refractivity contribution is 0.0617. The molecular weight excluding hydrogens is 268 g/mol. The first-order chi connectivity index (χ1) is 9.96. The zero-order valence-electron chi connectivity index (χ0n) is 12.1. The second kappa shape index (κ2) is 5.81. The van der Waals surface area contributed by atoms with E-state index in [0.717, 1.165) is 0 Å². The number of hydrogen-bond donors (Lipinski definition) is 0. The van der Waals surface area contributed by atoms with Gasteiger partial charge < -0.3 is 14.2 Å². The van der Waals surface area contributed by atoms with Gasteiger partial charge in [-0.25, -0.2) is 0 Å². The third-order valence-corrected chi connectivity index (χ3v) is 2.94. The molecular formula is C17H16O4. The summed E-state index contributed by atoms with van der Waals surface area (Å²) in [7, 11) is 0. The van der Waals surface area contributed by atoms with Crippen molar-refractivity contribution in [2.75, 3.05) is 13.2 Å². The molecule has 2 rings (SSSR count). The number of Topliss-reactive ketones (excluding diaryl/α,β-unsaturated/α-hetero) is 1. The zero-order valence-corrected chi connectivity index (χ0v) is 12.1. The molecule has 0 aliphatic carbocycles. The molecule has 1 heterocycles. The van der Waals surface area contributed by atoms with Gasteiger partial charge in [-0.15, -0.1) is 12.8 Å². The number of carbonyl (C=O) groups is 1. The Morgan fingerprint density at radius 1 is 1.19 bits per heavy atom. The Hall–Kier alpha value is -2.59. The molecule has 0 amide bonds. The monoisotopic (exact) mass is 284 g/mol. The van der Waals surface area contributed by atoms with E-state index in [0.29, 0.717) is 29.2 Å². The summed E-state index contributed by atoms with van der Waals surface area (Å²) in [6.07, 6.45) is 10.7. The van der Waals surface area contributed by atoms with Gasteiger partial charge in [0, 0.05) is 6.07 Å².